The smallest absolute Gasteiger partial charge is 0.336 e. The average molecular weight is 413 g/mol. The van der Waals surface area contributed by atoms with E-state index in [-0.39, 0.29) is 5.91 Å². The van der Waals surface area contributed by atoms with Crippen molar-refractivity contribution in [3.8, 4) is 23.1 Å². The van der Waals surface area contributed by atoms with Crippen LogP contribution in [0.4, 0.5) is 5.69 Å². The summed E-state index contributed by atoms with van der Waals surface area (Å²) in [6.07, 6.45) is 0. The van der Waals surface area contributed by atoms with Gasteiger partial charge in [-0.3, -0.25) is 4.79 Å². The van der Waals surface area contributed by atoms with E-state index in [4.69, 9.17) is 16.3 Å². The zero-order valence-electron chi connectivity index (χ0n) is 17.0. The molecule has 3 rings (SSSR count). The van der Waals surface area contributed by atoms with Crippen molar-refractivity contribution in [2.45, 2.75) is 33.1 Å². The third-order valence-corrected chi connectivity index (χ3v) is 4.46. The van der Waals surface area contributed by atoms with E-state index >= 15 is 0 Å². The van der Waals surface area contributed by atoms with Crippen molar-refractivity contribution >= 4 is 23.2 Å². The molecule has 1 unspecified atom stereocenters. The van der Waals surface area contributed by atoms with Crippen LogP contribution in [0, 0.1) is 12.8 Å². The average Bonchev–Trinajstić information content (AvgIpc) is 3.11. The molecule has 0 aliphatic heterocycles. The molecule has 0 aliphatic rings. The minimum atomic E-state index is -0.599. The van der Waals surface area contributed by atoms with Crippen molar-refractivity contribution in [3.05, 3.63) is 54.1 Å². The standard InChI is InChI=1S/C22H25ClN4O2/c1-14(2)13-29-22-25-20(19-8-6-5-7-15(19)3)27(26-22)18-11-9-17(10-12-18)24-21(28)16(4)23/h5-12,14,16H,13H2,1-4H3,(H,24,28). The molecule has 7 heteroatoms. The Morgan fingerprint density at radius 1 is 1.14 bits per heavy atom. The second-order valence-electron chi connectivity index (χ2n) is 7.30. The van der Waals surface area contributed by atoms with E-state index in [0.717, 1.165) is 16.8 Å². The van der Waals surface area contributed by atoms with E-state index in [2.05, 4.69) is 29.2 Å². The van der Waals surface area contributed by atoms with Crippen LogP contribution in [0.25, 0.3) is 17.1 Å². The van der Waals surface area contributed by atoms with E-state index in [1.165, 1.54) is 0 Å². The molecule has 1 amide bonds. The van der Waals surface area contributed by atoms with E-state index in [0.29, 0.717) is 30.0 Å². The molecular formula is C22H25ClN4O2. The first kappa shape index (κ1) is 20.9. The topological polar surface area (TPSA) is 69.0 Å². The van der Waals surface area contributed by atoms with Crippen molar-refractivity contribution in [1.29, 1.82) is 0 Å². The number of alkyl halides is 1. The van der Waals surface area contributed by atoms with Gasteiger partial charge in [-0.2, -0.15) is 4.98 Å². The number of nitrogens with zero attached hydrogens (tertiary/aromatic N) is 3. The SMILES string of the molecule is Cc1ccccc1-c1nc(OCC(C)C)nn1-c1ccc(NC(=O)C(C)Cl)cc1. The Morgan fingerprint density at radius 2 is 1.83 bits per heavy atom. The van der Waals surface area contributed by atoms with Gasteiger partial charge in [0.05, 0.1) is 12.3 Å². The number of hydrogen-bond acceptors (Lipinski definition) is 4. The van der Waals surface area contributed by atoms with Crippen molar-refractivity contribution < 1.29 is 9.53 Å². The molecule has 0 bridgehead atoms. The van der Waals surface area contributed by atoms with Crippen LogP contribution in [0.5, 0.6) is 6.01 Å². The number of benzene rings is 2. The molecule has 1 heterocycles. The van der Waals surface area contributed by atoms with Crippen molar-refractivity contribution in [2.75, 3.05) is 11.9 Å². The maximum atomic E-state index is 11.8. The molecule has 0 fully saturated rings. The van der Waals surface area contributed by atoms with Gasteiger partial charge in [-0.15, -0.1) is 16.7 Å². The predicted octanol–water partition coefficient (Wildman–Crippen LogP) is 4.84. The van der Waals surface area contributed by atoms with Crippen molar-refractivity contribution in [2.24, 2.45) is 5.92 Å². The molecule has 3 aromatic rings. The van der Waals surface area contributed by atoms with E-state index in [1.807, 2.05) is 55.5 Å². The highest BCUT2D eigenvalue weighted by Crippen LogP contribution is 2.27. The molecule has 1 aromatic heterocycles. The summed E-state index contributed by atoms with van der Waals surface area (Å²) in [5, 5.41) is 6.74. The van der Waals surface area contributed by atoms with Gasteiger partial charge < -0.3 is 10.1 Å². The number of nitrogens with one attached hydrogen (secondary N) is 1. The Morgan fingerprint density at radius 3 is 2.45 bits per heavy atom. The number of hydrogen-bond donors (Lipinski definition) is 1. The summed E-state index contributed by atoms with van der Waals surface area (Å²) in [5.74, 6) is 0.828. The summed E-state index contributed by atoms with van der Waals surface area (Å²) in [6, 6.07) is 15.7. The first-order valence-corrected chi connectivity index (χ1v) is 10.00. The lowest BCUT2D eigenvalue weighted by Crippen LogP contribution is -2.20. The van der Waals surface area contributed by atoms with Crippen molar-refractivity contribution in [1.82, 2.24) is 14.8 Å². The summed E-state index contributed by atoms with van der Waals surface area (Å²) < 4.78 is 7.52. The normalized spacial score (nSPS) is 12.1. The number of amides is 1. The van der Waals surface area contributed by atoms with Gasteiger partial charge in [0.25, 0.3) is 0 Å². The van der Waals surface area contributed by atoms with E-state index in [9.17, 15) is 4.79 Å². The van der Waals surface area contributed by atoms with Gasteiger partial charge in [0, 0.05) is 11.3 Å². The van der Waals surface area contributed by atoms with Gasteiger partial charge in [-0.25, -0.2) is 4.68 Å². The Hall–Kier alpha value is -2.86. The highest BCUT2D eigenvalue weighted by atomic mass is 35.5. The maximum absolute atomic E-state index is 11.8. The molecule has 0 saturated carbocycles. The fourth-order valence-corrected chi connectivity index (χ4v) is 2.76. The van der Waals surface area contributed by atoms with Crippen LogP contribution in [0.3, 0.4) is 0 Å². The lowest BCUT2D eigenvalue weighted by molar-refractivity contribution is -0.115. The van der Waals surface area contributed by atoms with Gasteiger partial charge in [0.1, 0.15) is 5.38 Å². The molecule has 29 heavy (non-hydrogen) atoms. The fraction of sp³-hybridized carbons (Fsp3) is 0.318. The largest absolute Gasteiger partial charge is 0.462 e. The highest BCUT2D eigenvalue weighted by Gasteiger charge is 2.17. The minimum Gasteiger partial charge on any atom is -0.462 e. The molecule has 0 saturated heterocycles. The van der Waals surface area contributed by atoms with Gasteiger partial charge >= 0.3 is 6.01 Å². The highest BCUT2D eigenvalue weighted by molar-refractivity contribution is 6.32. The van der Waals surface area contributed by atoms with Crippen LogP contribution in [-0.4, -0.2) is 32.7 Å². The summed E-state index contributed by atoms with van der Waals surface area (Å²) in [6.45, 7) is 8.36. The van der Waals surface area contributed by atoms with E-state index < -0.39 is 5.38 Å². The maximum Gasteiger partial charge on any atom is 0.336 e. The molecule has 0 aliphatic carbocycles. The summed E-state index contributed by atoms with van der Waals surface area (Å²) in [7, 11) is 0. The number of aromatic nitrogens is 3. The Labute approximate surface area is 175 Å². The van der Waals surface area contributed by atoms with Crippen LogP contribution in [0.15, 0.2) is 48.5 Å². The fourth-order valence-electron chi connectivity index (χ4n) is 2.70. The number of halogens is 1. The zero-order chi connectivity index (χ0) is 21.0. The third-order valence-electron chi connectivity index (χ3n) is 4.26. The molecule has 2 aromatic carbocycles. The molecule has 1 N–H and O–H groups in total. The lowest BCUT2D eigenvalue weighted by atomic mass is 10.1. The van der Waals surface area contributed by atoms with Crippen LogP contribution in [0.2, 0.25) is 0 Å². The summed E-state index contributed by atoms with van der Waals surface area (Å²) >= 11 is 5.82. The van der Waals surface area contributed by atoms with Gasteiger partial charge in [0.2, 0.25) is 5.91 Å². The van der Waals surface area contributed by atoms with E-state index in [1.54, 1.807) is 11.6 Å². The number of rotatable bonds is 7. The number of aryl methyl sites for hydroxylation is 1. The first-order chi connectivity index (χ1) is 13.8. The van der Waals surface area contributed by atoms with Crippen molar-refractivity contribution in [3.63, 3.8) is 0 Å². The molecule has 6 nitrogen and oxygen atoms in total. The monoisotopic (exact) mass is 412 g/mol. The van der Waals surface area contributed by atoms with Crippen LogP contribution in [0.1, 0.15) is 26.3 Å². The number of ether oxygens (including phenoxy) is 1. The van der Waals surface area contributed by atoms with Crippen LogP contribution < -0.4 is 10.1 Å². The Kier molecular flexibility index (Phi) is 6.54. The minimum absolute atomic E-state index is 0.245. The van der Waals surface area contributed by atoms with Gasteiger partial charge in [0.15, 0.2) is 5.82 Å². The second kappa shape index (κ2) is 9.09. The number of carbonyl (C=O) groups is 1. The number of carbonyl (C=O) groups excluding carboxylic acids is 1. The molecule has 1 atom stereocenters. The quantitative estimate of drug-likeness (QED) is 0.563. The lowest BCUT2D eigenvalue weighted by Gasteiger charge is -2.10. The number of anilines is 1. The van der Waals surface area contributed by atoms with Gasteiger partial charge in [-0.05, 0) is 49.6 Å². The Balaban J connectivity index is 1.96. The molecule has 0 radical (unpaired) electrons. The molecular weight excluding hydrogens is 388 g/mol. The molecule has 0 spiro atoms. The molecule has 152 valence electrons. The first-order valence-electron chi connectivity index (χ1n) is 9.56. The second-order valence-corrected chi connectivity index (χ2v) is 7.96. The third kappa shape index (κ3) is 5.15. The predicted molar refractivity (Wildman–Crippen MR) is 116 cm³/mol. The summed E-state index contributed by atoms with van der Waals surface area (Å²) in [5.41, 5.74) is 3.55. The Bertz CT molecular complexity index is 981. The van der Waals surface area contributed by atoms with Crippen LogP contribution >= 0.6 is 11.6 Å². The zero-order valence-corrected chi connectivity index (χ0v) is 17.8. The summed E-state index contributed by atoms with van der Waals surface area (Å²) in [4.78, 5) is 16.4. The van der Waals surface area contributed by atoms with Gasteiger partial charge in [-0.1, -0.05) is 38.1 Å². The van der Waals surface area contributed by atoms with Crippen LogP contribution in [-0.2, 0) is 4.79 Å².